The minimum atomic E-state index is -1.20. The number of hydrogen-bond donors (Lipinski definition) is 2. The van der Waals surface area contributed by atoms with Crippen LogP contribution in [0, 0.1) is 0 Å². The normalized spacial score (nSPS) is 13.9. The van der Waals surface area contributed by atoms with E-state index in [-0.39, 0.29) is 12.8 Å². The van der Waals surface area contributed by atoms with E-state index in [1.54, 1.807) is 24.3 Å². The SMILES string of the molecule is [NH3+][C@@H](Cc1cccc(C[C@H]([NH3+])C(=O)[O-])c1)C(=O)[O-]. The van der Waals surface area contributed by atoms with E-state index in [0.29, 0.717) is 0 Å². The van der Waals surface area contributed by atoms with Crippen molar-refractivity contribution < 1.29 is 31.3 Å². The Hall–Kier alpha value is -1.92. The first-order valence-electron chi connectivity index (χ1n) is 5.56. The summed E-state index contributed by atoms with van der Waals surface area (Å²) in [4.78, 5) is 21.2. The fourth-order valence-electron chi connectivity index (χ4n) is 1.62. The van der Waals surface area contributed by atoms with Crippen molar-refractivity contribution in [2.75, 3.05) is 0 Å². The van der Waals surface area contributed by atoms with Crippen molar-refractivity contribution in [3.05, 3.63) is 35.4 Å². The molecule has 0 heterocycles. The fraction of sp³-hybridized carbons (Fsp3) is 0.333. The molecule has 6 nitrogen and oxygen atoms in total. The Morgan fingerprint density at radius 2 is 1.39 bits per heavy atom. The van der Waals surface area contributed by atoms with E-state index in [4.69, 9.17) is 0 Å². The Morgan fingerprint density at radius 1 is 1.00 bits per heavy atom. The maximum atomic E-state index is 10.6. The number of carbonyl (C=O) groups is 2. The highest BCUT2D eigenvalue weighted by Gasteiger charge is 2.11. The van der Waals surface area contributed by atoms with Gasteiger partial charge in [-0.25, -0.2) is 0 Å². The van der Waals surface area contributed by atoms with Crippen molar-refractivity contribution in [3.63, 3.8) is 0 Å². The molecule has 0 amide bonds. The van der Waals surface area contributed by atoms with Crippen LogP contribution in [0.25, 0.3) is 0 Å². The summed E-state index contributed by atoms with van der Waals surface area (Å²) in [5.74, 6) is -2.41. The zero-order valence-corrected chi connectivity index (χ0v) is 9.93. The van der Waals surface area contributed by atoms with Crippen LogP contribution in [0.15, 0.2) is 24.3 Å². The van der Waals surface area contributed by atoms with E-state index in [9.17, 15) is 19.8 Å². The monoisotopic (exact) mass is 252 g/mol. The highest BCUT2D eigenvalue weighted by molar-refractivity contribution is 5.70. The molecule has 1 rings (SSSR count). The smallest absolute Gasteiger partial charge is 0.129 e. The highest BCUT2D eigenvalue weighted by Crippen LogP contribution is 2.08. The predicted octanol–water partition coefficient (Wildman–Crippen LogP) is -4.51. The summed E-state index contributed by atoms with van der Waals surface area (Å²) in [5.41, 5.74) is 8.51. The van der Waals surface area contributed by atoms with Crippen molar-refractivity contribution >= 4 is 11.9 Å². The molecule has 18 heavy (non-hydrogen) atoms. The first-order chi connectivity index (χ1) is 8.40. The van der Waals surface area contributed by atoms with E-state index in [0.717, 1.165) is 11.1 Å². The number of carboxylic acids is 2. The van der Waals surface area contributed by atoms with Gasteiger partial charge < -0.3 is 31.3 Å². The van der Waals surface area contributed by atoms with Gasteiger partial charge in [0.2, 0.25) is 0 Å². The molecule has 0 spiro atoms. The maximum absolute atomic E-state index is 10.6. The average molecular weight is 252 g/mol. The zero-order valence-electron chi connectivity index (χ0n) is 9.93. The lowest BCUT2D eigenvalue weighted by Gasteiger charge is -2.12. The molecular weight excluding hydrogens is 236 g/mol. The van der Waals surface area contributed by atoms with Gasteiger partial charge in [0.05, 0.1) is 11.9 Å². The Balaban J connectivity index is 2.73. The van der Waals surface area contributed by atoms with E-state index in [1.807, 2.05) is 0 Å². The summed E-state index contributed by atoms with van der Waals surface area (Å²) in [6.07, 6.45) is 0.507. The second-order valence-corrected chi connectivity index (χ2v) is 4.26. The zero-order chi connectivity index (χ0) is 13.7. The molecular formula is C12H16N2O4. The number of benzene rings is 1. The summed E-state index contributed by atoms with van der Waals surface area (Å²) >= 11 is 0. The molecule has 0 aliphatic rings. The van der Waals surface area contributed by atoms with E-state index in [1.165, 1.54) is 0 Å². The van der Waals surface area contributed by atoms with Gasteiger partial charge in [-0.15, -0.1) is 0 Å². The standard InChI is InChI=1S/C12H16N2O4/c13-9(11(15)16)5-7-2-1-3-8(4-7)6-10(14)12(17)18/h1-4,9-10H,5-6,13-14H2,(H,15,16)(H,17,18)/t9-,10-/m0/s1. The van der Waals surface area contributed by atoms with Gasteiger partial charge in [-0.05, 0) is 11.1 Å². The fourth-order valence-corrected chi connectivity index (χ4v) is 1.62. The third kappa shape index (κ3) is 4.15. The molecule has 0 bridgehead atoms. The molecule has 0 unspecified atom stereocenters. The molecule has 0 aliphatic heterocycles. The average Bonchev–Trinajstić information content (AvgIpc) is 2.29. The summed E-state index contributed by atoms with van der Waals surface area (Å²) in [5, 5.41) is 21.2. The molecule has 0 radical (unpaired) electrons. The van der Waals surface area contributed by atoms with E-state index < -0.39 is 24.0 Å². The largest absolute Gasteiger partial charge is 0.544 e. The van der Waals surface area contributed by atoms with Crippen molar-refractivity contribution in [1.82, 2.24) is 0 Å². The van der Waals surface area contributed by atoms with Crippen LogP contribution >= 0.6 is 0 Å². The Kier molecular flexibility index (Phi) is 4.82. The molecule has 6 N–H and O–H groups in total. The van der Waals surface area contributed by atoms with Crippen LogP contribution in [0.4, 0.5) is 0 Å². The Bertz CT molecular complexity index is 410. The van der Waals surface area contributed by atoms with Gasteiger partial charge >= 0.3 is 0 Å². The van der Waals surface area contributed by atoms with Gasteiger partial charge in [0, 0.05) is 12.8 Å². The van der Waals surface area contributed by atoms with Gasteiger partial charge in [0.1, 0.15) is 12.1 Å². The minimum Gasteiger partial charge on any atom is -0.544 e. The van der Waals surface area contributed by atoms with Crippen molar-refractivity contribution in [2.24, 2.45) is 0 Å². The molecule has 0 aromatic heterocycles. The van der Waals surface area contributed by atoms with Gasteiger partial charge in [0.15, 0.2) is 0 Å². The molecule has 0 saturated carbocycles. The quantitative estimate of drug-likeness (QED) is 0.527. The number of carbonyl (C=O) groups excluding carboxylic acids is 2. The molecule has 0 aliphatic carbocycles. The van der Waals surface area contributed by atoms with Gasteiger partial charge in [-0.1, -0.05) is 24.3 Å². The molecule has 1 aromatic carbocycles. The number of quaternary nitrogens is 2. The lowest BCUT2D eigenvalue weighted by atomic mass is 10.0. The summed E-state index contributed by atoms with van der Waals surface area (Å²) in [6.45, 7) is 0. The molecule has 0 saturated heterocycles. The number of aliphatic carboxylic acids is 2. The summed E-state index contributed by atoms with van der Waals surface area (Å²) in [7, 11) is 0. The second-order valence-electron chi connectivity index (χ2n) is 4.26. The lowest BCUT2D eigenvalue weighted by Crippen LogP contribution is -2.69. The van der Waals surface area contributed by atoms with Crippen molar-refractivity contribution in [2.45, 2.75) is 24.9 Å². The number of hydrogen-bond acceptors (Lipinski definition) is 4. The van der Waals surface area contributed by atoms with Gasteiger partial charge in [-0.3, -0.25) is 0 Å². The van der Waals surface area contributed by atoms with Crippen molar-refractivity contribution in [3.8, 4) is 0 Å². The van der Waals surface area contributed by atoms with Crippen LogP contribution in [0.1, 0.15) is 11.1 Å². The van der Waals surface area contributed by atoms with Crippen LogP contribution in [0.2, 0.25) is 0 Å². The highest BCUT2D eigenvalue weighted by atomic mass is 16.4. The van der Waals surface area contributed by atoms with E-state index in [2.05, 4.69) is 11.5 Å². The van der Waals surface area contributed by atoms with Crippen LogP contribution in [-0.4, -0.2) is 24.0 Å². The van der Waals surface area contributed by atoms with Gasteiger partial charge in [-0.2, -0.15) is 0 Å². The molecule has 0 fully saturated rings. The van der Waals surface area contributed by atoms with E-state index >= 15 is 0 Å². The molecule has 6 heteroatoms. The third-order valence-electron chi connectivity index (χ3n) is 2.62. The second kappa shape index (κ2) is 6.13. The topological polar surface area (TPSA) is 136 Å². The minimum absolute atomic E-state index is 0.253. The van der Waals surface area contributed by atoms with Crippen LogP contribution in [0.5, 0.6) is 0 Å². The van der Waals surface area contributed by atoms with Crippen LogP contribution < -0.4 is 21.7 Å². The Labute approximate surface area is 104 Å². The first-order valence-corrected chi connectivity index (χ1v) is 5.56. The first kappa shape index (κ1) is 14.1. The maximum Gasteiger partial charge on any atom is 0.129 e. The Morgan fingerprint density at radius 3 is 1.72 bits per heavy atom. The lowest BCUT2D eigenvalue weighted by molar-refractivity contribution is -0.437. The summed E-state index contributed by atoms with van der Waals surface area (Å²) in [6, 6.07) is 5.38. The van der Waals surface area contributed by atoms with Crippen LogP contribution in [-0.2, 0) is 22.4 Å². The number of rotatable bonds is 6. The van der Waals surface area contributed by atoms with Gasteiger partial charge in [0.25, 0.3) is 0 Å². The molecule has 2 atom stereocenters. The summed E-state index contributed by atoms with van der Waals surface area (Å²) < 4.78 is 0. The third-order valence-corrected chi connectivity index (χ3v) is 2.62. The molecule has 1 aromatic rings. The van der Waals surface area contributed by atoms with Crippen molar-refractivity contribution in [1.29, 1.82) is 0 Å². The predicted molar refractivity (Wildman–Crippen MR) is 57.2 cm³/mol. The number of carboxylic acid groups (broad SMARTS) is 2. The van der Waals surface area contributed by atoms with Crippen LogP contribution in [0.3, 0.4) is 0 Å². The molecule has 98 valence electrons.